The minimum atomic E-state index is -0.279. The second-order valence-corrected chi connectivity index (χ2v) is 5.60. The van der Waals surface area contributed by atoms with E-state index in [2.05, 4.69) is 42.6 Å². The Bertz CT molecular complexity index is 442. The summed E-state index contributed by atoms with van der Waals surface area (Å²) in [6, 6.07) is 11.8. The Morgan fingerprint density at radius 2 is 2.12 bits per heavy atom. The number of nitrogens with zero attached hydrogens (tertiary/aromatic N) is 1. The molecule has 1 fully saturated rings. The summed E-state index contributed by atoms with van der Waals surface area (Å²) in [5.41, 5.74) is 2.37. The van der Waals surface area contributed by atoms with Crippen LogP contribution in [0.4, 0.5) is 0 Å². The predicted octanol–water partition coefficient (Wildman–Crippen LogP) is 3.34. The molecule has 1 aliphatic rings. The molecule has 17 heavy (non-hydrogen) atoms. The summed E-state index contributed by atoms with van der Waals surface area (Å²) in [7, 11) is 0. The Morgan fingerprint density at radius 1 is 1.35 bits per heavy atom. The summed E-state index contributed by atoms with van der Waals surface area (Å²) in [4.78, 5) is 0. The number of hydrogen-bond donors (Lipinski definition) is 1. The van der Waals surface area contributed by atoms with Crippen molar-refractivity contribution in [3.05, 3.63) is 35.4 Å². The SMILES string of the molecule is Cc1cccc([C@@H]2CCC(C(C)(C)C#N)N2)c1. The second-order valence-electron chi connectivity index (χ2n) is 5.60. The summed E-state index contributed by atoms with van der Waals surface area (Å²) in [6.45, 7) is 6.15. The summed E-state index contributed by atoms with van der Waals surface area (Å²) in [6.07, 6.45) is 2.21. The highest BCUT2D eigenvalue weighted by molar-refractivity contribution is 5.26. The van der Waals surface area contributed by atoms with Crippen LogP contribution in [-0.2, 0) is 0 Å². The van der Waals surface area contributed by atoms with Crippen molar-refractivity contribution >= 4 is 0 Å². The summed E-state index contributed by atoms with van der Waals surface area (Å²) in [5.74, 6) is 0. The number of nitrogens with one attached hydrogen (secondary N) is 1. The predicted molar refractivity (Wildman–Crippen MR) is 69.5 cm³/mol. The van der Waals surface area contributed by atoms with Gasteiger partial charge >= 0.3 is 0 Å². The first kappa shape index (κ1) is 12.1. The van der Waals surface area contributed by atoms with Crippen LogP contribution < -0.4 is 5.32 Å². The van der Waals surface area contributed by atoms with Crippen molar-refractivity contribution in [2.75, 3.05) is 0 Å². The molecule has 0 spiro atoms. The van der Waals surface area contributed by atoms with Crippen LogP contribution in [0, 0.1) is 23.7 Å². The van der Waals surface area contributed by atoms with Crippen LogP contribution in [0.1, 0.15) is 43.9 Å². The van der Waals surface area contributed by atoms with Crippen molar-refractivity contribution < 1.29 is 0 Å². The summed E-state index contributed by atoms with van der Waals surface area (Å²) < 4.78 is 0. The highest BCUT2D eigenvalue weighted by Gasteiger charge is 2.36. The van der Waals surface area contributed by atoms with Crippen LogP contribution >= 0.6 is 0 Å². The minimum Gasteiger partial charge on any atom is -0.306 e. The lowest BCUT2D eigenvalue weighted by Crippen LogP contribution is -2.37. The van der Waals surface area contributed by atoms with Crippen LogP contribution in [0.25, 0.3) is 0 Å². The summed E-state index contributed by atoms with van der Waals surface area (Å²) >= 11 is 0. The molecule has 0 saturated carbocycles. The fourth-order valence-electron chi connectivity index (χ4n) is 2.54. The van der Waals surface area contributed by atoms with Gasteiger partial charge in [-0.2, -0.15) is 5.26 Å². The number of nitriles is 1. The van der Waals surface area contributed by atoms with Crippen molar-refractivity contribution in [3.8, 4) is 6.07 Å². The molecule has 2 rings (SSSR count). The number of hydrogen-bond acceptors (Lipinski definition) is 2. The molecule has 2 nitrogen and oxygen atoms in total. The molecule has 1 aromatic rings. The third-order valence-corrected chi connectivity index (χ3v) is 3.75. The maximum atomic E-state index is 9.17. The Kier molecular flexibility index (Phi) is 3.22. The Morgan fingerprint density at radius 3 is 2.76 bits per heavy atom. The first-order valence-electron chi connectivity index (χ1n) is 6.27. The van der Waals surface area contributed by atoms with E-state index in [0.29, 0.717) is 12.1 Å². The van der Waals surface area contributed by atoms with Gasteiger partial charge in [0, 0.05) is 12.1 Å². The number of rotatable bonds is 2. The molecule has 0 amide bonds. The average Bonchev–Trinajstić information content (AvgIpc) is 2.79. The van der Waals surface area contributed by atoms with E-state index in [1.807, 2.05) is 13.8 Å². The van der Waals surface area contributed by atoms with E-state index < -0.39 is 0 Å². The van der Waals surface area contributed by atoms with Gasteiger partial charge in [-0.25, -0.2) is 0 Å². The van der Waals surface area contributed by atoms with Crippen LogP contribution in [-0.4, -0.2) is 6.04 Å². The van der Waals surface area contributed by atoms with E-state index in [0.717, 1.165) is 12.8 Å². The molecular weight excluding hydrogens is 208 g/mol. The van der Waals surface area contributed by atoms with E-state index in [4.69, 9.17) is 5.26 Å². The zero-order chi connectivity index (χ0) is 12.5. The van der Waals surface area contributed by atoms with E-state index >= 15 is 0 Å². The average molecular weight is 228 g/mol. The van der Waals surface area contributed by atoms with Crippen LogP contribution in [0.3, 0.4) is 0 Å². The highest BCUT2D eigenvalue weighted by Crippen LogP contribution is 2.34. The fraction of sp³-hybridized carbons (Fsp3) is 0.533. The third-order valence-electron chi connectivity index (χ3n) is 3.75. The lowest BCUT2D eigenvalue weighted by molar-refractivity contribution is 0.341. The zero-order valence-electron chi connectivity index (χ0n) is 10.8. The summed E-state index contributed by atoms with van der Waals surface area (Å²) in [5, 5.41) is 12.8. The maximum absolute atomic E-state index is 9.17. The molecule has 0 radical (unpaired) electrons. The monoisotopic (exact) mass is 228 g/mol. The second kappa shape index (κ2) is 4.50. The van der Waals surface area contributed by atoms with Gasteiger partial charge in [-0.05, 0) is 39.2 Å². The van der Waals surface area contributed by atoms with E-state index in [1.165, 1.54) is 11.1 Å². The van der Waals surface area contributed by atoms with Crippen LogP contribution in [0.2, 0.25) is 0 Å². The first-order valence-corrected chi connectivity index (χ1v) is 6.27. The first-order chi connectivity index (χ1) is 8.03. The van der Waals surface area contributed by atoms with E-state index in [1.54, 1.807) is 0 Å². The minimum absolute atomic E-state index is 0.279. The Hall–Kier alpha value is -1.33. The van der Waals surface area contributed by atoms with Crippen LogP contribution in [0.15, 0.2) is 24.3 Å². The largest absolute Gasteiger partial charge is 0.306 e. The van der Waals surface area contributed by atoms with Gasteiger partial charge in [0.2, 0.25) is 0 Å². The molecule has 90 valence electrons. The highest BCUT2D eigenvalue weighted by atomic mass is 15.0. The van der Waals surface area contributed by atoms with Crippen LogP contribution in [0.5, 0.6) is 0 Å². The lowest BCUT2D eigenvalue weighted by atomic mass is 9.85. The maximum Gasteiger partial charge on any atom is 0.0700 e. The lowest BCUT2D eigenvalue weighted by Gasteiger charge is -2.25. The fourth-order valence-corrected chi connectivity index (χ4v) is 2.54. The van der Waals surface area contributed by atoms with Crippen molar-refractivity contribution in [3.63, 3.8) is 0 Å². The van der Waals surface area contributed by atoms with Crippen molar-refractivity contribution in [1.82, 2.24) is 5.32 Å². The van der Waals surface area contributed by atoms with E-state index in [-0.39, 0.29) is 5.41 Å². The molecule has 1 aromatic carbocycles. The van der Waals surface area contributed by atoms with Gasteiger partial charge in [0.15, 0.2) is 0 Å². The third kappa shape index (κ3) is 2.50. The normalized spacial score (nSPS) is 24.6. The van der Waals surface area contributed by atoms with Gasteiger partial charge in [-0.1, -0.05) is 29.8 Å². The Labute approximate surface area is 104 Å². The molecule has 2 heteroatoms. The van der Waals surface area contributed by atoms with Gasteiger partial charge in [0.05, 0.1) is 11.5 Å². The topological polar surface area (TPSA) is 35.8 Å². The number of benzene rings is 1. The molecule has 1 saturated heterocycles. The molecule has 2 atom stereocenters. The molecule has 1 unspecified atom stereocenters. The van der Waals surface area contributed by atoms with Gasteiger partial charge in [-0.3, -0.25) is 0 Å². The molecule has 0 aliphatic carbocycles. The van der Waals surface area contributed by atoms with E-state index in [9.17, 15) is 0 Å². The molecular formula is C15H20N2. The number of aryl methyl sites for hydroxylation is 1. The Balaban J connectivity index is 2.11. The standard InChI is InChI=1S/C15H20N2/c1-11-5-4-6-12(9-11)13-7-8-14(17-13)15(2,3)10-16/h4-6,9,13-14,17H,7-8H2,1-3H3/t13-,14?/m0/s1. The molecule has 1 aliphatic heterocycles. The zero-order valence-corrected chi connectivity index (χ0v) is 10.8. The van der Waals surface area contributed by atoms with Gasteiger partial charge in [0.1, 0.15) is 0 Å². The molecule has 0 aromatic heterocycles. The molecule has 1 heterocycles. The molecule has 1 N–H and O–H groups in total. The molecule has 0 bridgehead atoms. The van der Waals surface area contributed by atoms with Crippen molar-refractivity contribution in [1.29, 1.82) is 5.26 Å². The van der Waals surface area contributed by atoms with Crippen molar-refractivity contribution in [2.45, 2.75) is 45.7 Å². The van der Waals surface area contributed by atoms with Crippen molar-refractivity contribution in [2.24, 2.45) is 5.41 Å². The quantitative estimate of drug-likeness (QED) is 0.842. The van der Waals surface area contributed by atoms with Gasteiger partial charge in [0.25, 0.3) is 0 Å². The van der Waals surface area contributed by atoms with Gasteiger partial charge < -0.3 is 5.32 Å². The van der Waals surface area contributed by atoms with Gasteiger partial charge in [-0.15, -0.1) is 0 Å². The smallest absolute Gasteiger partial charge is 0.0700 e.